The smallest absolute Gasteiger partial charge is 0.222 e. The lowest BCUT2D eigenvalue weighted by molar-refractivity contribution is -0.134. The third-order valence-electron chi connectivity index (χ3n) is 4.64. The highest BCUT2D eigenvalue weighted by atomic mass is 16.2. The molecule has 2 atom stereocenters. The standard InChI is InChI=1S/C16H31N3O/c1-13(2)12-18-6-8-19(9-7-18)16(20)11-14-4-3-5-15(17)10-14/h13-15H,3-12,17H2,1-2H3. The Morgan fingerprint density at radius 3 is 2.50 bits per heavy atom. The van der Waals surface area contributed by atoms with E-state index >= 15 is 0 Å². The van der Waals surface area contributed by atoms with Gasteiger partial charge in [0.1, 0.15) is 0 Å². The minimum Gasteiger partial charge on any atom is -0.340 e. The van der Waals surface area contributed by atoms with Gasteiger partial charge in [-0.15, -0.1) is 0 Å². The first-order valence-electron chi connectivity index (χ1n) is 8.30. The second-order valence-electron chi connectivity index (χ2n) is 7.07. The van der Waals surface area contributed by atoms with E-state index in [1.165, 1.54) is 12.8 Å². The van der Waals surface area contributed by atoms with Gasteiger partial charge in [-0.05, 0) is 31.1 Å². The highest BCUT2D eigenvalue weighted by molar-refractivity contribution is 5.76. The molecule has 2 fully saturated rings. The van der Waals surface area contributed by atoms with E-state index in [0.29, 0.717) is 23.8 Å². The van der Waals surface area contributed by atoms with Crippen molar-refractivity contribution < 1.29 is 4.79 Å². The Morgan fingerprint density at radius 2 is 1.90 bits per heavy atom. The molecule has 20 heavy (non-hydrogen) atoms. The summed E-state index contributed by atoms with van der Waals surface area (Å²) < 4.78 is 0. The summed E-state index contributed by atoms with van der Waals surface area (Å²) in [5.74, 6) is 1.59. The molecule has 1 aliphatic heterocycles. The monoisotopic (exact) mass is 281 g/mol. The van der Waals surface area contributed by atoms with E-state index in [2.05, 4.69) is 23.6 Å². The van der Waals surface area contributed by atoms with Crippen LogP contribution in [0.2, 0.25) is 0 Å². The Balaban J connectivity index is 1.71. The van der Waals surface area contributed by atoms with Crippen LogP contribution in [0.25, 0.3) is 0 Å². The summed E-state index contributed by atoms with van der Waals surface area (Å²) in [6.07, 6.45) is 5.28. The van der Waals surface area contributed by atoms with Crippen molar-refractivity contribution in [2.75, 3.05) is 32.7 Å². The van der Waals surface area contributed by atoms with Gasteiger partial charge < -0.3 is 10.6 Å². The summed E-state index contributed by atoms with van der Waals surface area (Å²) in [6, 6.07) is 0.324. The quantitative estimate of drug-likeness (QED) is 0.853. The fraction of sp³-hybridized carbons (Fsp3) is 0.938. The van der Waals surface area contributed by atoms with E-state index in [0.717, 1.165) is 52.0 Å². The third kappa shape index (κ3) is 4.74. The van der Waals surface area contributed by atoms with Crippen LogP contribution in [0.5, 0.6) is 0 Å². The van der Waals surface area contributed by atoms with Crippen LogP contribution in [0, 0.1) is 11.8 Å². The summed E-state index contributed by atoms with van der Waals surface area (Å²) >= 11 is 0. The number of amides is 1. The second kappa shape index (κ2) is 7.41. The molecule has 0 radical (unpaired) electrons. The van der Waals surface area contributed by atoms with Crippen LogP contribution in [-0.2, 0) is 4.79 Å². The van der Waals surface area contributed by atoms with Gasteiger partial charge in [0.2, 0.25) is 5.91 Å². The maximum atomic E-state index is 12.4. The van der Waals surface area contributed by atoms with Crippen LogP contribution in [0.1, 0.15) is 46.0 Å². The molecule has 1 heterocycles. The summed E-state index contributed by atoms with van der Waals surface area (Å²) in [7, 11) is 0. The average Bonchev–Trinajstić information content (AvgIpc) is 2.38. The predicted octanol–water partition coefficient (Wildman–Crippen LogP) is 1.69. The van der Waals surface area contributed by atoms with Gasteiger partial charge in [-0.25, -0.2) is 0 Å². The van der Waals surface area contributed by atoms with Gasteiger partial charge in [0.25, 0.3) is 0 Å². The highest BCUT2D eigenvalue weighted by Gasteiger charge is 2.26. The molecule has 1 amide bonds. The molecule has 0 spiro atoms. The van der Waals surface area contributed by atoms with Gasteiger partial charge in [-0.1, -0.05) is 20.3 Å². The lowest BCUT2D eigenvalue weighted by atomic mass is 9.84. The first kappa shape index (κ1) is 15.8. The summed E-state index contributed by atoms with van der Waals surface area (Å²) in [5, 5.41) is 0. The number of nitrogens with zero attached hydrogens (tertiary/aromatic N) is 2. The fourth-order valence-electron chi connectivity index (χ4n) is 3.59. The number of carbonyl (C=O) groups is 1. The summed E-state index contributed by atoms with van der Waals surface area (Å²) in [5.41, 5.74) is 6.01. The van der Waals surface area contributed by atoms with Crippen molar-refractivity contribution in [2.24, 2.45) is 17.6 Å². The minimum atomic E-state index is 0.324. The molecular weight excluding hydrogens is 250 g/mol. The number of hydrogen-bond acceptors (Lipinski definition) is 3. The van der Waals surface area contributed by atoms with E-state index < -0.39 is 0 Å². The van der Waals surface area contributed by atoms with Gasteiger partial charge in [-0.3, -0.25) is 9.69 Å². The van der Waals surface area contributed by atoms with Gasteiger partial charge in [0.05, 0.1) is 0 Å². The highest BCUT2D eigenvalue weighted by Crippen LogP contribution is 2.26. The SMILES string of the molecule is CC(C)CN1CCN(C(=O)CC2CCCC(N)C2)CC1. The van der Waals surface area contributed by atoms with Crippen LogP contribution in [0.4, 0.5) is 0 Å². The molecule has 2 N–H and O–H groups in total. The third-order valence-corrected chi connectivity index (χ3v) is 4.64. The van der Waals surface area contributed by atoms with E-state index in [9.17, 15) is 4.79 Å². The molecular formula is C16H31N3O. The van der Waals surface area contributed by atoms with Crippen molar-refractivity contribution in [1.82, 2.24) is 9.80 Å². The topological polar surface area (TPSA) is 49.6 Å². The Hall–Kier alpha value is -0.610. The maximum Gasteiger partial charge on any atom is 0.222 e. The van der Waals surface area contributed by atoms with Gasteiger partial charge in [-0.2, -0.15) is 0 Å². The van der Waals surface area contributed by atoms with E-state index in [1.807, 2.05) is 0 Å². The number of nitrogens with two attached hydrogens (primary N) is 1. The summed E-state index contributed by atoms with van der Waals surface area (Å²) in [4.78, 5) is 16.9. The maximum absolute atomic E-state index is 12.4. The molecule has 4 heteroatoms. The van der Waals surface area contributed by atoms with Crippen LogP contribution in [0.15, 0.2) is 0 Å². The van der Waals surface area contributed by atoms with Gasteiger partial charge in [0, 0.05) is 45.2 Å². The fourth-order valence-corrected chi connectivity index (χ4v) is 3.59. The number of piperazine rings is 1. The number of rotatable bonds is 4. The molecule has 1 saturated heterocycles. The first-order valence-corrected chi connectivity index (χ1v) is 8.30. The molecule has 4 nitrogen and oxygen atoms in total. The van der Waals surface area contributed by atoms with E-state index in [1.54, 1.807) is 0 Å². The molecule has 1 saturated carbocycles. The number of carbonyl (C=O) groups excluding carboxylic acids is 1. The zero-order valence-corrected chi connectivity index (χ0v) is 13.2. The van der Waals surface area contributed by atoms with E-state index in [4.69, 9.17) is 5.73 Å². The molecule has 2 unspecified atom stereocenters. The molecule has 0 aromatic heterocycles. The lowest BCUT2D eigenvalue weighted by Gasteiger charge is -2.36. The molecule has 2 aliphatic rings. The molecule has 0 bridgehead atoms. The Labute approximate surface area is 123 Å². The largest absolute Gasteiger partial charge is 0.340 e. The van der Waals surface area contributed by atoms with Crippen molar-refractivity contribution in [3.05, 3.63) is 0 Å². The number of hydrogen-bond donors (Lipinski definition) is 1. The van der Waals surface area contributed by atoms with Crippen molar-refractivity contribution in [3.8, 4) is 0 Å². The van der Waals surface area contributed by atoms with Crippen LogP contribution in [0.3, 0.4) is 0 Å². The van der Waals surface area contributed by atoms with Gasteiger partial charge in [0.15, 0.2) is 0 Å². The normalized spacial score (nSPS) is 28.9. The predicted molar refractivity (Wildman–Crippen MR) is 82.4 cm³/mol. The molecule has 1 aliphatic carbocycles. The van der Waals surface area contributed by atoms with Crippen molar-refractivity contribution in [2.45, 2.75) is 52.0 Å². The Morgan fingerprint density at radius 1 is 1.20 bits per heavy atom. The van der Waals surface area contributed by atoms with Crippen molar-refractivity contribution >= 4 is 5.91 Å². The Bertz CT molecular complexity index is 311. The van der Waals surface area contributed by atoms with Gasteiger partial charge >= 0.3 is 0 Å². The van der Waals surface area contributed by atoms with Crippen molar-refractivity contribution in [1.29, 1.82) is 0 Å². The minimum absolute atomic E-state index is 0.324. The van der Waals surface area contributed by atoms with Crippen LogP contribution in [-0.4, -0.2) is 54.5 Å². The Kier molecular flexibility index (Phi) is 5.85. The average molecular weight is 281 g/mol. The van der Waals surface area contributed by atoms with Crippen LogP contribution < -0.4 is 5.73 Å². The zero-order chi connectivity index (χ0) is 14.5. The summed E-state index contributed by atoms with van der Waals surface area (Å²) in [6.45, 7) is 9.55. The zero-order valence-electron chi connectivity index (χ0n) is 13.2. The molecule has 116 valence electrons. The lowest BCUT2D eigenvalue weighted by Crippen LogP contribution is -2.49. The van der Waals surface area contributed by atoms with E-state index in [-0.39, 0.29) is 0 Å². The first-order chi connectivity index (χ1) is 9.54. The second-order valence-corrected chi connectivity index (χ2v) is 7.07. The van der Waals surface area contributed by atoms with Crippen molar-refractivity contribution in [3.63, 3.8) is 0 Å². The molecule has 2 rings (SSSR count). The van der Waals surface area contributed by atoms with Crippen LogP contribution >= 0.6 is 0 Å². The molecule has 0 aromatic carbocycles. The molecule has 0 aromatic rings.